The average molecular weight is 591 g/mol. The summed E-state index contributed by atoms with van der Waals surface area (Å²) >= 11 is 0. The van der Waals surface area contributed by atoms with Crippen LogP contribution in [0.5, 0.6) is 0 Å². The molecule has 6 rings (SSSR count). The second kappa shape index (κ2) is 11.0. The molecular weight excluding hydrogens is 556 g/mol. The van der Waals surface area contributed by atoms with E-state index in [4.69, 9.17) is 9.41 Å². The van der Waals surface area contributed by atoms with Gasteiger partial charge in [0.2, 0.25) is 0 Å². The Kier molecular flexibility index (Phi) is 7.32. The van der Waals surface area contributed by atoms with E-state index < -0.39 is 10.1 Å². The Labute approximate surface area is 252 Å². The van der Waals surface area contributed by atoms with E-state index in [1.165, 1.54) is 11.6 Å². The van der Waals surface area contributed by atoms with Crippen molar-refractivity contribution in [1.29, 1.82) is 0 Å². The van der Waals surface area contributed by atoms with E-state index in [0.717, 1.165) is 50.9 Å². The maximum absolute atomic E-state index is 12.5. The third-order valence-corrected chi connectivity index (χ3v) is 9.31. The summed E-state index contributed by atoms with van der Waals surface area (Å²) in [7, 11) is -4.50. The second-order valence-electron chi connectivity index (χ2n) is 11.4. The second-order valence-corrected chi connectivity index (χ2v) is 12.8. The molecule has 43 heavy (non-hydrogen) atoms. The summed E-state index contributed by atoms with van der Waals surface area (Å²) in [5.41, 5.74) is 9.82. The predicted octanol–water partition coefficient (Wildman–Crippen LogP) is 8.97. The standard InChI is InChI=1S/C36H34N2O4S/c1-21-13-14-24(4)36(25(21)5)38-27-16-18-29-32(20-27)42-31-19-26(37-35-22(2)9-8-10-23(35)3)15-17-28(31)34(29)30-11-6-7-12-33(30)43(39,40)41/h6-12,14-21,37H,13H2,1-5H3,(H,39,40,41)/b38-27-. The summed E-state index contributed by atoms with van der Waals surface area (Å²) in [4.78, 5) is 4.86. The monoisotopic (exact) mass is 590 g/mol. The molecule has 0 saturated carbocycles. The van der Waals surface area contributed by atoms with Gasteiger partial charge in [-0.25, -0.2) is 4.99 Å². The zero-order valence-corrected chi connectivity index (χ0v) is 25.7. The van der Waals surface area contributed by atoms with Gasteiger partial charge in [0.05, 0.1) is 11.1 Å². The highest BCUT2D eigenvalue weighted by Crippen LogP contribution is 2.43. The summed E-state index contributed by atoms with van der Waals surface area (Å²) in [6, 6.07) is 24.2. The molecule has 0 aromatic heterocycles. The fourth-order valence-corrected chi connectivity index (χ4v) is 6.55. The smallest absolute Gasteiger partial charge is 0.295 e. The van der Waals surface area contributed by atoms with Gasteiger partial charge in [-0.15, -0.1) is 0 Å². The van der Waals surface area contributed by atoms with Crippen LogP contribution < -0.4 is 10.7 Å². The molecule has 0 bridgehead atoms. The van der Waals surface area contributed by atoms with E-state index in [-0.39, 0.29) is 4.90 Å². The fourth-order valence-electron chi connectivity index (χ4n) is 5.85. The summed E-state index contributed by atoms with van der Waals surface area (Å²) in [5, 5.41) is 4.99. The zero-order valence-electron chi connectivity index (χ0n) is 24.9. The highest BCUT2D eigenvalue weighted by atomic mass is 32.2. The Morgan fingerprint density at radius 2 is 1.63 bits per heavy atom. The molecule has 2 aliphatic carbocycles. The number of fused-ring (bicyclic) bond motifs is 2. The lowest BCUT2D eigenvalue weighted by atomic mass is 9.89. The molecule has 3 aromatic rings. The van der Waals surface area contributed by atoms with Crippen molar-refractivity contribution in [3.8, 4) is 22.5 Å². The van der Waals surface area contributed by atoms with E-state index in [2.05, 4.69) is 58.1 Å². The van der Waals surface area contributed by atoms with Crippen molar-refractivity contribution in [2.75, 3.05) is 5.32 Å². The fraction of sp³-hybridized carbons (Fsp3) is 0.194. The predicted molar refractivity (Wildman–Crippen MR) is 173 cm³/mol. The van der Waals surface area contributed by atoms with Crippen molar-refractivity contribution in [2.24, 2.45) is 10.9 Å². The highest BCUT2D eigenvalue weighted by molar-refractivity contribution is 7.86. The van der Waals surface area contributed by atoms with E-state index in [1.54, 1.807) is 18.2 Å². The molecule has 0 radical (unpaired) electrons. The number of anilines is 2. The quantitative estimate of drug-likeness (QED) is 0.157. The van der Waals surface area contributed by atoms with Crippen LogP contribution in [-0.4, -0.2) is 13.0 Å². The SMILES string of the molecule is CC1=CCC(C)C(C)=C1/N=c1/ccc2c(-c3ccccc3S(=O)(=O)O)c3ccc(Nc4c(C)cccc4C)cc3oc-2c1. The van der Waals surface area contributed by atoms with Crippen LogP contribution in [0.2, 0.25) is 0 Å². The number of benzene rings is 4. The minimum absolute atomic E-state index is 0.159. The molecule has 1 unspecified atom stereocenters. The van der Waals surface area contributed by atoms with Crippen LogP contribution in [0.4, 0.5) is 11.4 Å². The van der Waals surface area contributed by atoms with Crippen LogP contribution in [0, 0.1) is 19.8 Å². The summed E-state index contributed by atoms with van der Waals surface area (Å²) in [6.07, 6.45) is 3.23. The lowest BCUT2D eigenvalue weighted by Crippen LogP contribution is -2.09. The van der Waals surface area contributed by atoms with Crippen molar-refractivity contribution < 1.29 is 17.4 Å². The molecule has 0 saturated heterocycles. The van der Waals surface area contributed by atoms with Crippen molar-refractivity contribution >= 4 is 32.5 Å². The van der Waals surface area contributed by atoms with Gasteiger partial charge in [0.1, 0.15) is 16.2 Å². The zero-order chi connectivity index (χ0) is 30.5. The molecule has 0 spiro atoms. The van der Waals surface area contributed by atoms with Gasteiger partial charge in [-0.05, 0) is 92.6 Å². The summed E-state index contributed by atoms with van der Waals surface area (Å²) < 4.78 is 41.6. The molecule has 0 fully saturated rings. The van der Waals surface area contributed by atoms with E-state index >= 15 is 0 Å². The summed E-state index contributed by atoms with van der Waals surface area (Å²) in [5.74, 6) is 0.977. The number of nitrogens with zero attached hydrogens (tertiary/aromatic N) is 1. The summed E-state index contributed by atoms with van der Waals surface area (Å²) in [6.45, 7) is 10.5. The third-order valence-electron chi connectivity index (χ3n) is 8.39. The Bertz CT molecular complexity index is 2100. The van der Waals surface area contributed by atoms with Gasteiger partial charge in [0.15, 0.2) is 0 Å². The molecule has 1 atom stereocenters. The molecule has 1 heterocycles. The van der Waals surface area contributed by atoms with E-state index in [0.29, 0.717) is 34.0 Å². The van der Waals surface area contributed by atoms with Gasteiger partial charge in [-0.1, -0.05) is 49.4 Å². The van der Waals surface area contributed by atoms with Gasteiger partial charge >= 0.3 is 0 Å². The first-order chi connectivity index (χ1) is 20.5. The van der Waals surface area contributed by atoms with E-state index in [9.17, 15) is 13.0 Å². The van der Waals surface area contributed by atoms with E-state index in [1.807, 2.05) is 42.5 Å². The van der Waals surface area contributed by atoms with Crippen molar-refractivity contribution in [3.63, 3.8) is 0 Å². The molecule has 1 aliphatic heterocycles. The highest BCUT2D eigenvalue weighted by Gasteiger charge is 2.24. The minimum atomic E-state index is -4.50. The van der Waals surface area contributed by atoms with Crippen LogP contribution in [0.15, 0.2) is 116 Å². The topological polar surface area (TPSA) is 91.9 Å². The Morgan fingerprint density at radius 1 is 0.884 bits per heavy atom. The van der Waals surface area contributed by atoms with Crippen molar-refractivity contribution in [3.05, 3.63) is 118 Å². The van der Waals surface area contributed by atoms with Gasteiger partial charge in [0.25, 0.3) is 10.1 Å². The molecular formula is C36H34N2O4S. The Balaban J connectivity index is 1.62. The van der Waals surface area contributed by atoms with Crippen LogP contribution >= 0.6 is 0 Å². The number of nitrogens with one attached hydrogen (secondary N) is 1. The van der Waals surface area contributed by atoms with Gasteiger partial charge in [-0.3, -0.25) is 4.55 Å². The maximum Gasteiger partial charge on any atom is 0.295 e. The van der Waals surface area contributed by atoms with Crippen LogP contribution in [0.25, 0.3) is 33.4 Å². The molecule has 7 heteroatoms. The Hall–Kier alpha value is -4.46. The van der Waals surface area contributed by atoms with Crippen LogP contribution in [0.3, 0.4) is 0 Å². The first-order valence-electron chi connectivity index (χ1n) is 14.3. The maximum atomic E-state index is 12.5. The number of para-hydroxylation sites is 1. The molecule has 0 amide bonds. The number of aryl methyl sites for hydroxylation is 2. The molecule has 3 aromatic carbocycles. The largest absolute Gasteiger partial charge is 0.456 e. The number of hydrogen-bond donors (Lipinski definition) is 2. The normalized spacial score (nSPS) is 16.2. The van der Waals surface area contributed by atoms with Crippen molar-refractivity contribution in [1.82, 2.24) is 0 Å². The minimum Gasteiger partial charge on any atom is -0.456 e. The van der Waals surface area contributed by atoms with Crippen LogP contribution in [-0.2, 0) is 10.1 Å². The van der Waals surface area contributed by atoms with Gasteiger partial charge in [0, 0.05) is 45.6 Å². The molecule has 6 nitrogen and oxygen atoms in total. The molecule has 3 aliphatic rings. The van der Waals surface area contributed by atoms with Gasteiger partial charge in [-0.2, -0.15) is 8.42 Å². The molecule has 218 valence electrons. The first-order valence-corrected chi connectivity index (χ1v) is 15.8. The first kappa shape index (κ1) is 28.6. The van der Waals surface area contributed by atoms with Crippen molar-refractivity contribution in [2.45, 2.75) is 45.9 Å². The average Bonchev–Trinajstić information content (AvgIpc) is 2.97. The van der Waals surface area contributed by atoms with Gasteiger partial charge < -0.3 is 9.73 Å². The lowest BCUT2D eigenvalue weighted by Gasteiger charge is -2.20. The lowest BCUT2D eigenvalue weighted by molar-refractivity contribution is 0.483. The Morgan fingerprint density at radius 3 is 2.37 bits per heavy atom. The third kappa shape index (κ3) is 5.42. The number of hydrogen-bond acceptors (Lipinski definition) is 5. The number of allylic oxidation sites excluding steroid dienone is 3. The number of rotatable bonds is 5. The molecule has 2 N–H and O–H groups in total. The van der Waals surface area contributed by atoms with Crippen LogP contribution in [0.1, 0.15) is 38.3 Å².